The van der Waals surface area contributed by atoms with Gasteiger partial charge in [0.25, 0.3) is 0 Å². The Morgan fingerprint density at radius 3 is 3.00 bits per heavy atom. The molecular weight excluding hydrogens is 180 g/mol. The number of rotatable bonds is 4. The van der Waals surface area contributed by atoms with E-state index in [0.29, 0.717) is 11.7 Å². The first-order valence-corrected chi connectivity index (χ1v) is 4.72. The van der Waals surface area contributed by atoms with Crippen LogP contribution in [0.4, 0.5) is 5.82 Å². The summed E-state index contributed by atoms with van der Waals surface area (Å²) >= 11 is 0. The first-order chi connectivity index (χ1) is 6.81. The van der Waals surface area contributed by atoms with E-state index in [2.05, 4.69) is 15.4 Å². The number of anilines is 1. The predicted octanol–water partition coefficient (Wildman–Crippen LogP) is 0.859. The highest BCUT2D eigenvalue weighted by Crippen LogP contribution is 2.30. The van der Waals surface area contributed by atoms with Gasteiger partial charge in [-0.25, -0.2) is 15.8 Å². The first-order valence-electron chi connectivity index (χ1n) is 4.72. The molecule has 14 heavy (non-hydrogen) atoms. The summed E-state index contributed by atoms with van der Waals surface area (Å²) in [5, 5.41) is 0. The average molecular weight is 194 g/mol. The van der Waals surface area contributed by atoms with Gasteiger partial charge in [0.1, 0.15) is 12.1 Å². The van der Waals surface area contributed by atoms with Crippen LogP contribution >= 0.6 is 0 Å². The van der Waals surface area contributed by atoms with E-state index < -0.39 is 0 Å². The van der Waals surface area contributed by atoms with Gasteiger partial charge >= 0.3 is 0 Å². The minimum atomic E-state index is 0.616. The van der Waals surface area contributed by atoms with Gasteiger partial charge in [-0.15, -0.1) is 0 Å². The maximum Gasteiger partial charge on any atom is 0.221 e. The quantitative estimate of drug-likeness (QED) is 0.549. The number of ether oxygens (including phenoxy) is 1. The summed E-state index contributed by atoms with van der Waals surface area (Å²) in [7, 11) is 0. The molecule has 1 fully saturated rings. The van der Waals surface area contributed by atoms with E-state index in [4.69, 9.17) is 10.6 Å². The molecular formula is C9H14N4O. The molecule has 0 aromatic carbocycles. The van der Waals surface area contributed by atoms with Crippen molar-refractivity contribution in [1.29, 1.82) is 0 Å². The lowest BCUT2D eigenvalue weighted by Gasteiger charge is -2.09. The lowest BCUT2D eigenvalue weighted by molar-refractivity contribution is 0.286. The Balaban J connectivity index is 2.06. The normalized spacial score (nSPS) is 15.3. The van der Waals surface area contributed by atoms with Crippen LogP contribution in [-0.4, -0.2) is 16.6 Å². The Labute approximate surface area is 82.7 Å². The molecule has 1 saturated carbocycles. The van der Waals surface area contributed by atoms with Crippen molar-refractivity contribution >= 4 is 5.82 Å². The lowest BCUT2D eigenvalue weighted by Crippen LogP contribution is -2.12. The summed E-state index contributed by atoms with van der Waals surface area (Å²) in [5.41, 5.74) is 3.36. The standard InChI is InChI=1S/C9H14N4O/c1-6-8(13-10)11-5-12-9(6)14-4-7-2-3-7/h5,7H,2-4,10H2,1H3,(H,11,12,13). The van der Waals surface area contributed by atoms with Gasteiger partial charge < -0.3 is 10.2 Å². The van der Waals surface area contributed by atoms with Crippen LogP contribution in [0.5, 0.6) is 5.88 Å². The Morgan fingerprint density at radius 1 is 1.57 bits per heavy atom. The molecule has 0 atom stereocenters. The molecule has 0 saturated heterocycles. The van der Waals surface area contributed by atoms with Gasteiger partial charge in [-0.05, 0) is 25.7 Å². The third kappa shape index (κ3) is 1.93. The van der Waals surface area contributed by atoms with Crippen LogP contribution < -0.4 is 16.0 Å². The van der Waals surface area contributed by atoms with Crippen LogP contribution in [0.25, 0.3) is 0 Å². The van der Waals surface area contributed by atoms with Crippen molar-refractivity contribution < 1.29 is 4.74 Å². The molecule has 76 valence electrons. The monoisotopic (exact) mass is 194 g/mol. The van der Waals surface area contributed by atoms with Crippen molar-refractivity contribution in [3.63, 3.8) is 0 Å². The fourth-order valence-corrected chi connectivity index (χ4v) is 1.21. The summed E-state index contributed by atoms with van der Waals surface area (Å²) in [6, 6.07) is 0. The highest BCUT2D eigenvalue weighted by molar-refractivity contribution is 5.46. The number of nitrogen functional groups attached to an aromatic ring is 1. The van der Waals surface area contributed by atoms with Gasteiger partial charge in [0, 0.05) is 0 Å². The van der Waals surface area contributed by atoms with Gasteiger partial charge in [-0.1, -0.05) is 0 Å². The molecule has 0 aliphatic heterocycles. The second-order valence-corrected chi connectivity index (χ2v) is 3.55. The molecule has 3 N–H and O–H groups in total. The van der Waals surface area contributed by atoms with Gasteiger partial charge in [-0.3, -0.25) is 0 Å². The van der Waals surface area contributed by atoms with Crippen LogP contribution in [0.15, 0.2) is 6.33 Å². The number of hydrazine groups is 1. The molecule has 5 heteroatoms. The van der Waals surface area contributed by atoms with Crippen molar-refractivity contribution in [3.05, 3.63) is 11.9 Å². The number of nitrogens with two attached hydrogens (primary N) is 1. The zero-order chi connectivity index (χ0) is 9.97. The summed E-state index contributed by atoms with van der Waals surface area (Å²) in [5.74, 6) is 7.25. The molecule has 1 aliphatic carbocycles. The molecule has 1 aromatic heterocycles. The molecule has 0 spiro atoms. The van der Waals surface area contributed by atoms with Crippen molar-refractivity contribution in [3.8, 4) is 5.88 Å². The van der Waals surface area contributed by atoms with Gasteiger partial charge in [0.05, 0.1) is 12.2 Å². The number of hydrogen-bond donors (Lipinski definition) is 2. The summed E-state index contributed by atoms with van der Waals surface area (Å²) in [6.07, 6.45) is 3.99. The lowest BCUT2D eigenvalue weighted by atomic mass is 10.3. The van der Waals surface area contributed by atoms with E-state index in [0.717, 1.165) is 18.1 Å². The molecule has 1 aromatic rings. The van der Waals surface area contributed by atoms with Crippen molar-refractivity contribution in [2.75, 3.05) is 12.0 Å². The smallest absolute Gasteiger partial charge is 0.221 e. The van der Waals surface area contributed by atoms with Crippen LogP contribution in [0.1, 0.15) is 18.4 Å². The van der Waals surface area contributed by atoms with E-state index in [9.17, 15) is 0 Å². The van der Waals surface area contributed by atoms with Crippen LogP contribution in [0.3, 0.4) is 0 Å². The fourth-order valence-electron chi connectivity index (χ4n) is 1.21. The minimum Gasteiger partial charge on any atom is -0.477 e. The van der Waals surface area contributed by atoms with E-state index in [1.807, 2.05) is 6.92 Å². The number of nitrogens with zero attached hydrogens (tertiary/aromatic N) is 2. The minimum absolute atomic E-state index is 0.616. The SMILES string of the molecule is Cc1c(NN)ncnc1OCC1CC1. The van der Waals surface area contributed by atoms with E-state index in [1.54, 1.807) is 0 Å². The Kier molecular flexibility index (Phi) is 2.49. The summed E-state index contributed by atoms with van der Waals surface area (Å²) < 4.78 is 5.56. The van der Waals surface area contributed by atoms with Gasteiger partial charge in [-0.2, -0.15) is 0 Å². The second kappa shape index (κ2) is 3.79. The molecule has 0 unspecified atom stereocenters. The highest BCUT2D eigenvalue weighted by Gasteiger charge is 2.22. The van der Waals surface area contributed by atoms with Crippen LogP contribution in [-0.2, 0) is 0 Å². The first kappa shape index (κ1) is 9.21. The van der Waals surface area contributed by atoms with Gasteiger partial charge in [0.15, 0.2) is 0 Å². The van der Waals surface area contributed by atoms with E-state index >= 15 is 0 Å². The van der Waals surface area contributed by atoms with Crippen LogP contribution in [0, 0.1) is 12.8 Å². The highest BCUT2D eigenvalue weighted by atomic mass is 16.5. The van der Waals surface area contributed by atoms with Gasteiger partial charge in [0.2, 0.25) is 5.88 Å². The largest absolute Gasteiger partial charge is 0.477 e. The Bertz CT molecular complexity index is 325. The maximum absolute atomic E-state index is 5.56. The molecule has 0 radical (unpaired) electrons. The molecule has 1 heterocycles. The van der Waals surface area contributed by atoms with Crippen molar-refractivity contribution in [1.82, 2.24) is 9.97 Å². The maximum atomic E-state index is 5.56. The van der Waals surface area contributed by atoms with E-state index in [1.165, 1.54) is 19.2 Å². The zero-order valence-corrected chi connectivity index (χ0v) is 8.16. The average Bonchev–Trinajstić information content (AvgIpc) is 3.00. The molecule has 0 bridgehead atoms. The topological polar surface area (TPSA) is 73.1 Å². The fraction of sp³-hybridized carbons (Fsp3) is 0.556. The molecule has 1 aliphatic rings. The van der Waals surface area contributed by atoms with Crippen LogP contribution in [0.2, 0.25) is 0 Å². The third-order valence-corrected chi connectivity index (χ3v) is 2.33. The predicted molar refractivity (Wildman–Crippen MR) is 52.8 cm³/mol. The molecule has 5 nitrogen and oxygen atoms in total. The van der Waals surface area contributed by atoms with E-state index in [-0.39, 0.29) is 0 Å². The number of nitrogens with one attached hydrogen (secondary N) is 1. The Morgan fingerprint density at radius 2 is 2.36 bits per heavy atom. The molecule has 0 amide bonds. The Hall–Kier alpha value is -1.36. The third-order valence-electron chi connectivity index (χ3n) is 2.33. The second-order valence-electron chi connectivity index (χ2n) is 3.55. The summed E-state index contributed by atoms with van der Waals surface area (Å²) in [6.45, 7) is 2.64. The van der Waals surface area contributed by atoms with Crippen molar-refractivity contribution in [2.45, 2.75) is 19.8 Å². The molecule has 2 rings (SSSR count). The number of aromatic nitrogens is 2. The summed E-state index contributed by atoms with van der Waals surface area (Å²) in [4.78, 5) is 8.03. The zero-order valence-electron chi connectivity index (χ0n) is 8.16. The van der Waals surface area contributed by atoms with Crippen molar-refractivity contribution in [2.24, 2.45) is 11.8 Å². The number of hydrogen-bond acceptors (Lipinski definition) is 5.